The zero-order valence-electron chi connectivity index (χ0n) is 9.89. The van der Waals surface area contributed by atoms with E-state index in [2.05, 4.69) is 6.08 Å². The fraction of sp³-hybridized carbons (Fsp3) is 0.385. The molecule has 0 saturated carbocycles. The van der Waals surface area contributed by atoms with Crippen LogP contribution in [-0.2, 0) is 0 Å². The molecule has 1 aromatic rings. The van der Waals surface area contributed by atoms with Crippen LogP contribution in [0.15, 0.2) is 30.3 Å². The highest BCUT2D eigenvalue weighted by Crippen LogP contribution is 2.18. The summed E-state index contributed by atoms with van der Waals surface area (Å²) in [5, 5.41) is 8.75. The number of hydrogen-bond donors (Lipinski definition) is 1. The standard InChI is InChI=1S/C13H19NO2/c1-14(10-11-15)9-5-7-12-6-3-4-8-13(12)16-2/h3-8,15H,9-11H2,1-2H3/b7-5+. The van der Waals surface area contributed by atoms with Crippen LogP contribution in [0, 0.1) is 0 Å². The van der Waals surface area contributed by atoms with E-state index in [1.807, 2.05) is 42.3 Å². The van der Waals surface area contributed by atoms with E-state index in [9.17, 15) is 0 Å². The van der Waals surface area contributed by atoms with E-state index in [-0.39, 0.29) is 6.61 Å². The van der Waals surface area contributed by atoms with Crippen LogP contribution in [0.1, 0.15) is 5.56 Å². The van der Waals surface area contributed by atoms with Crippen molar-refractivity contribution in [3.05, 3.63) is 35.9 Å². The predicted molar refractivity (Wildman–Crippen MR) is 66.6 cm³/mol. The fourth-order valence-electron chi connectivity index (χ4n) is 1.43. The molecule has 0 bridgehead atoms. The number of hydrogen-bond acceptors (Lipinski definition) is 3. The Kier molecular flexibility index (Phi) is 5.61. The van der Waals surface area contributed by atoms with Crippen molar-refractivity contribution in [2.24, 2.45) is 0 Å². The van der Waals surface area contributed by atoms with Gasteiger partial charge in [-0.3, -0.25) is 0 Å². The summed E-state index contributed by atoms with van der Waals surface area (Å²) in [4.78, 5) is 2.05. The quantitative estimate of drug-likeness (QED) is 0.792. The van der Waals surface area contributed by atoms with E-state index in [4.69, 9.17) is 9.84 Å². The van der Waals surface area contributed by atoms with E-state index in [1.54, 1.807) is 7.11 Å². The van der Waals surface area contributed by atoms with E-state index >= 15 is 0 Å². The highest BCUT2D eigenvalue weighted by molar-refractivity contribution is 5.57. The van der Waals surface area contributed by atoms with E-state index < -0.39 is 0 Å². The van der Waals surface area contributed by atoms with Crippen LogP contribution in [0.25, 0.3) is 6.08 Å². The average Bonchev–Trinajstić information content (AvgIpc) is 2.30. The molecule has 0 unspecified atom stereocenters. The molecule has 1 aromatic carbocycles. The first-order chi connectivity index (χ1) is 7.77. The molecule has 0 aliphatic carbocycles. The van der Waals surface area contributed by atoms with Crippen molar-refractivity contribution in [1.29, 1.82) is 0 Å². The van der Waals surface area contributed by atoms with Gasteiger partial charge in [0.15, 0.2) is 0 Å². The number of methoxy groups -OCH3 is 1. The Morgan fingerprint density at radius 2 is 2.12 bits per heavy atom. The number of ether oxygens (including phenoxy) is 1. The Balaban J connectivity index is 2.55. The number of rotatable bonds is 6. The molecule has 3 heteroatoms. The lowest BCUT2D eigenvalue weighted by molar-refractivity contribution is 0.232. The van der Waals surface area contributed by atoms with Gasteiger partial charge in [0.25, 0.3) is 0 Å². The summed E-state index contributed by atoms with van der Waals surface area (Å²) in [7, 11) is 3.65. The van der Waals surface area contributed by atoms with Gasteiger partial charge in [0.1, 0.15) is 5.75 Å². The third-order valence-corrected chi connectivity index (χ3v) is 2.34. The summed E-state index contributed by atoms with van der Waals surface area (Å²) in [5.74, 6) is 0.878. The predicted octanol–water partition coefficient (Wildman–Crippen LogP) is 1.63. The summed E-state index contributed by atoms with van der Waals surface area (Å²) in [6.07, 6.45) is 4.10. The normalized spacial score (nSPS) is 11.2. The molecule has 16 heavy (non-hydrogen) atoms. The molecule has 0 amide bonds. The van der Waals surface area contributed by atoms with Gasteiger partial charge >= 0.3 is 0 Å². The highest BCUT2D eigenvalue weighted by atomic mass is 16.5. The lowest BCUT2D eigenvalue weighted by atomic mass is 10.2. The second-order valence-corrected chi connectivity index (χ2v) is 3.63. The van der Waals surface area contributed by atoms with Crippen LogP contribution in [-0.4, -0.2) is 43.9 Å². The average molecular weight is 221 g/mol. The molecule has 0 spiro atoms. The van der Waals surface area contributed by atoms with Crippen molar-refractivity contribution in [1.82, 2.24) is 4.90 Å². The molecule has 0 aromatic heterocycles. The first-order valence-electron chi connectivity index (χ1n) is 5.37. The molecule has 0 radical (unpaired) electrons. The number of aliphatic hydroxyl groups is 1. The van der Waals surface area contributed by atoms with Crippen molar-refractivity contribution in [3.8, 4) is 5.75 Å². The Morgan fingerprint density at radius 3 is 2.81 bits per heavy atom. The minimum atomic E-state index is 0.193. The number of nitrogens with zero attached hydrogens (tertiary/aromatic N) is 1. The number of para-hydroxylation sites is 1. The van der Waals surface area contributed by atoms with Gasteiger partial charge in [0, 0.05) is 18.7 Å². The molecular weight excluding hydrogens is 202 g/mol. The summed E-state index contributed by atoms with van der Waals surface area (Å²) in [5.41, 5.74) is 1.07. The second kappa shape index (κ2) is 7.04. The third-order valence-electron chi connectivity index (χ3n) is 2.34. The van der Waals surface area contributed by atoms with Crippen molar-refractivity contribution in [2.75, 3.05) is 33.9 Å². The van der Waals surface area contributed by atoms with E-state index in [1.165, 1.54) is 0 Å². The summed E-state index contributed by atoms with van der Waals surface area (Å²) < 4.78 is 5.25. The molecule has 0 heterocycles. The molecule has 0 aliphatic rings. The molecule has 3 nitrogen and oxygen atoms in total. The van der Waals surface area contributed by atoms with Crippen molar-refractivity contribution in [2.45, 2.75) is 0 Å². The lowest BCUT2D eigenvalue weighted by Crippen LogP contribution is -2.21. The van der Waals surface area contributed by atoms with Crippen LogP contribution in [0.5, 0.6) is 5.75 Å². The van der Waals surface area contributed by atoms with Crippen LogP contribution in [0.2, 0.25) is 0 Å². The van der Waals surface area contributed by atoms with Crippen LogP contribution in [0.4, 0.5) is 0 Å². The van der Waals surface area contributed by atoms with Crippen molar-refractivity contribution < 1.29 is 9.84 Å². The summed E-state index contributed by atoms with van der Waals surface area (Å²) >= 11 is 0. The maximum absolute atomic E-state index is 8.75. The molecule has 0 aliphatic heterocycles. The Bertz CT molecular complexity index is 336. The minimum Gasteiger partial charge on any atom is -0.496 e. The van der Waals surface area contributed by atoms with Gasteiger partial charge in [-0.2, -0.15) is 0 Å². The SMILES string of the molecule is COc1ccccc1/C=C/CN(C)CCO. The van der Waals surface area contributed by atoms with E-state index in [0.717, 1.165) is 17.9 Å². The lowest BCUT2D eigenvalue weighted by Gasteiger charge is -2.11. The number of aliphatic hydroxyl groups excluding tert-OH is 1. The monoisotopic (exact) mass is 221 g/mol. The third kappa shape index (κ3) is 4.04. The van der Waals surface area contributed by atoms with Gasteiger partial charge in [0.2, 0.25) is 0 Å². The maximum atomic E-state index is 8.75. The van der Waals surface area contributed by atoms with Gasteiger partial charge in [-0.25, -0.2) is 0 Å². The Morgan fingerprint density at radius 1 is 1.38 bits per heavy atom. The molecule has 1 N–H and O–H groups in total. The number of benzene rings is 1. The largest absolute Gasteiger partial charge is 0.496 e. The minimum absolute atomic E-state index is 0.193. The van der Waals surface area contributed by atoms with Gasteiger partial charge in [-0.15, -0.1) is 0 Å². The molecular formula is C13H19NO2. The topological polar surface area (TPSA) is 32.7 Å². The second-order valence-electron chi connectivity index (χ2n) is 3.63. The molecule has 0 atom stereocenters. The maximum Gasteiger partial charge on any atom is 0.126 e. The summed E-state index contributed by atoms with van der Waals surface area (Å²) in [6, 6.07) is 7.90. The molecule has 0 saturated heterocycles. The van der Waals surface area contributed by atoms with Crippen LogP contribution >= 0.6 is 0 Å². The highest BCUT2D eigenvalue weighted by Gasteiger charge is 1.97. The van der Waals surface area contributed by atoms with Gasteiger partial charge < -0.3 is 14.7 Å². The smallest absolute Gasteiger partial charge is 0.126 e. The van der Waals surface area contributed by atoms with Crippen LogP contribution in [0.3, 0.4) is 0 Å². The molecule has 0 fully saturated rings. The Hall–Kier alpha value is -1.32. The van der Waals surface area contributed by atoms with Crippen molar-refractivity contribution >= 4 is 6.08 Å². The summed E-state index contributed by atoms with van der Waals surface area (Å²) in [6.45, 7) is 1.70. The first-order valence-corrected chi connectivity index (χ1v) is 5.37. The van der Waals surface area contributed by atoms with Gasteiger partial charge in [-0.1, -0.05) is 30.4 Å². The molecule has 1 rings (SSSR count). The van der Waals surface area contributed by atoms with Crippen LogP contribution < -0.4 is 4.74 Å². The fourth-order valence-corrected chi connectivity index (χ4v) is 1.43. The molecule has 88 valence electrons. The first kappa shape index (κ1) is 12.7. The van der Waals surface area contributed by atoms with Gasteiger partial charge in [-0.05, 0) is 13.1 Å². The zero-order chi connectivity index (χ0) is 11.8. The van der Waals surface area contributed by atoms with Crippen molar-refractivity contribution in [3.63, 3.8) is 0 Å². The Labute approximate surface area is 97.0 Å². The van der Waals surface area contributed by atoms with E-state index in [0.29, 0.717) is 6.54 Å². The zero-order valence-corrected chi connectivity index (χ0v) is 9.89. The number of likely N-dealkylation sites (N-methyl/N-ethyl adjacent to an activating group) is 1. The van der Waals surface area contributed by atoms with Gasteiger partial charge in [0.05, 0.1) is 13.7 Å².